The molecule has 0 atom stereocenters. The van der Waals surface area contributed by atoms with Crippen molar-refractivity contribution in [3.05, 3.63) is 47.2 Å². The first kappa shape index (κ1) is 25.5. The van der Waals surface area contributed by atoms with Crippen molar-refractivity contribution in [3.8, 4) is 0 Å². The highest BCUT2D eigenvalue weighted by atomic mass is 16.2. The SMILES string of the molecule is CCN(CC1=CC=C(C)CC1)C(=O)NC1CCN(C(=O)C2CCN(CC3=CCNC=C3)CC2)CC1. The third kappa shape index (κ3) is 7.23. The molecule has 7 heteroatoms. The summed E-state index contributed by atoms with van der Waals surface area (Å²) in [7, 11) is 0. The van der Waals surface area contributed by atoms with Crippen LogP contribution in [0.15, 0.2) is 47.2 Å². The summed E-state index contributed by atoms with van der Waals surface area (Å²) in [5.41, 5.74) is 4.09. The monoisotopic (exact) mass is 481 g/mol. The molecule has 0 spiro atoms. The Kier molecular flexibility index (Phi) is 9.07. The zero-order valence-electron chi connectivity index (χ0n) is 21.6. The molecule has 4 aliphatic rings. The third-order valence-electron chi connectivity index (χ3n) is 7.88. The van der Waals surface area contributed by atoms with Crippen LogP contribution in [0.3, 0.4) is 0 Å². The van der Waals surface area contributed by atoms with E-state index in [0.717, 1.165) is 77.8 Å². The molecule has 0 bridgehead atoms. The van der Waals surface area contributed by atoms with Crippen LogP contribution in [0, 0.1) is 5.92 Å². The van der Waals surface area contributed by atoms with Gasteiger partial charge in [-0.05, 0) is 83.3 Å². The number of piperidine rings is 2. The third-order valence-corrected chi connectivity index (χ3v) is 7.88. The second-order valence-corrected chi connectivity index (χ2v) is 10.5. The number of likely N-dealkylation sites (N-methyl/N-ethyl adjacent to an activating group) is 1. The molecule has 0 radical (unpaired) electrons. The summed E-state index contributed by atoms with van der Waals surface area (Å²) < 4.78 is 0. The number of dihydropyridines is 1. The Morgan fingerprint density at radius 3 is 2.49 bits per heavy atom. The smallest absolute Gasteiger partial charge is 0.317 e. The highest BCUT2D eigenvalue weighted by Crippen LogP contribution is 2.23. The van der Waals surface area contributed by atoms with Gasteiger partial charge in [-0.3, -0.25) is 9.69 Å². The highest BCUT2D eigenvalue weighted by molar-refractivity contribution is 5.79. The van der Waals surface area contributed by atoms with Gasteiger partial charge in [-0.2, -0.15) is 0 Å². The van der Waals surface area contributed by atoms with Crippen molar-refractivity contribution in [2.75, 3.05) is 52.4 Å². The number of urea groups is 1. The lowest BCUT2D eigenvalue weighted by Gasteiger charge is -2.38. The fourth-order valence-electron chi connectivity index (χ4n) is 5.46. The molecule has 192 valence electrons. The van der Waals surface area contributed by atoms with Gasteiger partial charge in [-0.1, -0.05) is 29.4 Å². The topological polar surface area (TPSA) is 67.9 Å². The van der Waals surface area contributed by atoms with E-state index in [1.165, 1.54) is 16.7 Å². The summed E-state index contributed by atoms with van der Waals surface area (Å²) >= 11 is 0. The van der Waals surface area contributed by atoms with Gasteiger partial charge in [-0.25, -0.2) is 4.79 Å². The van der Waals surface area contributed by atoms with E-state index in [1.54, 1.807) is 0 Å². The van der Waals surface area contributed by atoms with E-state index < -0.39 is 0 Å². The number of amides is 3. The molecule has 2 saturated heterocycles. The average molecular weight is 482 g/mol. The molecule has 7 nitrogen and oxygen atoms in total. The Labute approximate surface area is 211 Å². The second kappa shape index (κ2) is 12.4. The van der Waals surface area contributed by atoms with E-state index in [9.17, 15) is 9.59 Å². The second-order valence-electron chi connectivity index (χ2n) is 10.5. The molecule has 35 heavy (non-hydrogen) atoms. The van der Waals surface area contributed by atoms with Gasteiger partial charge in [0.25, 0.3) is 0 Å². The number of carbonyl (C=O) groups is 2. The first-order valence-corrected chi connectivity index (χ1v) is 13.5. The first-order chi connectivity index (χ1) is 17.0. The molecule has 4 rings (SSSR count). The molecule has 2 fully saturated rings. The van der Waals surface area contributed by atoms with Gasteiger partial charge in [0, 0.05) is 51.2 Å². The van der Waals surface area contributed by atoms with Crippen molar-refractivity contribution < 1.29 is 9.59 Å². The maximum Gasteiger partial charge on any atom is 0.317 e. The average Bonchev–Trinajstić information content (AvgIpc) is 2.89. The van der Waals surface area contributed by atoms with E-state index in [0.29, 0.717) is 19.0 Å². The number of hydrogen-bond acceptors (Lipinski definition) is 4. The molecule has 0 aromatic heterocycles. The number of likely N-dealkylation sites (tertiary alicyclic amines) is 2. The van der Waals surface area contributed by atoms with Crippen LogP contribution in [0.5, 0.6) is 0 Å². The van der Waals surface area contributed by atoms with Gasteiger partial charge >= 0.3 is 6.03 Å². The van der Waals surface area contributed by atoms with Crippen LogP contribution in [-0.4, -0.2) is 85.0 Å². The molecule has 2 N–H and O–H groups in total. The fourth-order valence-corrected chi connectivity index (χ4v) is 5.46. The van der Waals surface area contributed by atoms with Gasteiger partial charge in [0.2, 0.25) is 5.91 Å². The van der Waals surface area contributed by atoms with Crippen LogP contribution in [0.1, 0.15) is 52.4 Å². The van der Waals surface area contributed by atoms with Crippen LogP contribution >= 0.6 is 0 Å². The lowest BCUT2D eigenvalue weighted by molar-refractivity contribution is -0.138. The van der Waals surface area contributed by atoms with Crippen molar-refractivity contribution in [2.24, 2.45) is 5.92 Å². The number of nitrogens with zero attached hydrogens (tertiary/aromatic N) is 3. The Bertz CT molecular complexity index is 874. The summed E-state index contributed by atoms with van der Waals surface area (Å²) in [6, 6.07) is 0.173. The minimum atomic E-state index is 0.0236. The summed E-state index contributed by atoms with van der Waals surface area (Å²) in [4.78, 5) is 32.5. The quantitative estimate of drug-likeness (QED) is 0.585. The summed E-state index contributed by atoms with van der Waals surface area (Å²) in [6.45, 7) is 10.9. The van der Waals surface area contributed by atoms with E-state index in [4.69, 9.17) is 0 Å². The zero-order valence-corrected chi connectivity index (χ0v) is 21.6. The predicted octanol–water partition coefficient (Wildman–Crippen LogP) is 3.43. The molecule has 0 aromatic rings. The maximum absolute atomic E-state index is 13.1. The molecular weight excluding hydrogens is 438 g/mol. The minimum Gasteiger partial charge on any atom is -0.387 e. The number of nitrogens with one attached hydrogen (secondary N) is 2. The van der Waals surface area contributed by atoms with E-state index >= 15 is 0 Å². The van der Waals surface area contributed by atoms with Crippen molar-refractivity contribution in [3.63, 3.8) is 0 Å². The molecule has 3 amide bonds. The molecule has 0 unspecified atom stereocenters. The van der Waals surface area contributed by atoms with E-state index in [2.05, 4.69) is 46.8 Å². The molecule has 3 heterocycles. The summed E-state index contributed by atoms with van der Waals surface area (Å²) in [6.07, 6.45) is 16.4. The fraction of sp³-hybridized carbons (Fsp3) is 0.643. The van der Waals surface area contributed by atoms with E-state index in [-0.39, 0.29) is 18.0 Å². The van der Waals surface area contributed by atoms with Crippen molar-refractivity contribution in [2.45, 2.75) is 58.4 Å². The molecule has 0 saturated carbocycles. The standard InChI is InChI=1S/C28H43N5O2/c1-3-32(21-23-6-4-22(2)5-7-23)28(35)30-26-12-18-33(19-13-26)27(34)25-10-16-31(17-11-25)20-24-8-14-29-15-9-24/h4,6,8-9,14,25-26,29H,3,5,7,10-13,15-21H2,1-2H3,(H,30,35). The molecule has 0 aromatic carbocycles. The van der Waals surface area contributed by atoms with Gasteiger partial charge < -0.3 is 20.4 Å². The number of hydrogen-bond donors (Lipinski definition) is 2. The normalized spacial score (nSPS) is 22.1. The lowest BCUT2D eigenvalue weighted by Crippen LogP contribution is -2.52. The summed E-state index contributed by atoms with van der Waals surface area (Å²) in [5, 5.41) is 6.43. The number of carbonyl (C=O) groups excluding carboxylic acids is 2. The Balaban J connectivity index is 1.17. The van der Waals surface area contributed by atoms with E-state index in [1.807, 2.05) is 22.9 Å². The van der Waals surface area contributed by atoms with Crippen molar-refractivity contribution in [1.29, 1.82) is 0 Å². The summed E-state index contributed by atoms with van der Waals surface area (Å²) in [5.74, 6) is 0.463. The number of rotatable bonds is 7. The van der Waals surface area contributed by atoms with Crippen LogP contribution < -0.4 is 10.6 Å². The minimum absolute atomic E-state index is 0.0236. The highest BCUT2D eigenvalue weighted by Gasteiger charge is 2.31. The Hall–Kier alpha value is -2.54. The zero-order chi connectivity index (χ0) is 24.6. The largest absolute Gasteiger partial charge is 0.387 e. The van der Waals surface area contributed by atoms with Crippen LogP contribution in [0.2, 0.25) is 0 Å². The van der Waals surface area contributed by atoms with Crippen LogP contribution in [0.4, 0.5) is 4.79 Å². The predicted molar refractivity (Wildman–Crippen MR) is 141 cm³/mol. The Morgan fingerprint density at radius 2 is 1.86 bits per heavy atom. The first-order valence-electron chi connectivity index (χ1n) is 13.5. The van der Waals surface area contributed by atoms with Crippen molar-refractivity contribution in [1.82, 2.24) is 25.3 Å². The van der Waals surface area contributed by atoms with Crippen LogP contribution in [0.25, 0.3) is 0 Å². The van der Waals surface area contributed by atoms with Crippen LogP contribution in [-0.2, 0) is 4.79 Å². The van der Waals surface area contributed by atoms with Gasteiger partial charge in [-0.15, -0.1) is 0 Å². The van der Waals surface area contributed by atoms with Gasteiger partial charge in [0.05, 0.1) is 0 Å². The van der Waals surface area contributed by atoms with Gasteiger partial charge in [0.15, 0.2) is 0 Å². The maximum atomic E-state index is 13.1. The Morgan fingerprint density at radius 1 is 1.09 bits per heavy atom. The molecule has 3 aliphatic heterocycles. The van der Waals surface area contributed by atoms with Crippen molar-refractivity contribution >= 4 is 11.9 Å². The number of allylic oxidation sites excluding steroid dienone is 3. The molecule has 1 aliphatic carbocycles. The molecular formula is C28H43N5O2. The lowest BCUT2D eigenvalue weighted by atomic mass is 9.93. The van der Waals surface area contributed by atoms with Gasteiger partial charge in [0.1, 0.15) is 0 Å².